The molecule has 0 N–H and O–H groups in total. The van der Waals surface area contributed by atoms with Gasteiger partial charge in [0.25, 0.3) is 0 Å². The predicted octanol–water partition coefficient (Wildman–Crippen LogP) is 3.73. The van der Waals surface area contributed by atoms with Crippen molar-refractivity contribution in [3.05, 3.63) is 46.7 Å². The fraction of sp³-hybridized carbons (Fsp3) is 0.231. The van der Waals surface area contributed by atoms with Crippen molar-refractivity contribution in [2.24, 2.45) is 0 Å². The number of hydrogen-bond donors (Lipinski definition) is 0. The van der Waals surface area contributed by atoms with Gasteiger partial charge in [0.1, 0.15) is 6.07 Å². The lowest BCUT2D eigenvalue weighted by Gasteiger charge is -2.02. The summed E-state index contributed by atoms with van der Waals surface area (Å²) in [5.41, 5.74) is 2.27. The molecule has 3 nitrogen and oxygen atoms in total. The van der Waals surface area contributed by atoms with Crippen LogP contribution in [0.4, 0.5) is 0 Å². The summed E-state index contributed by atoms with van der Waals surface area (Å²) in [5.74, 6) is 0. The van der Waals surface area contributed by atoms with Crippen LogP contribution in [0.3, 0.4) is 0 Å². The van der Waals surface area contributed by atoms with Gasteiger partial charge >= 0.3 is 0 Å². The third-order valence-corrected chi connectivity index (χ3v) is 2.37. The third kappa shape index (κ3) is 3.08. The molecule has 2 rings (SSSR count). The first-order chi connectivity index (χ1) is 8.20. The zero-order chi connectivity index (χ0) is 12.8. The predicted molar refractivity (Wildman–Crippen MR) is 69.4 cm³/mol. The fourth-order valence-electron chi connectivity index (χ4n) is 1.30. The molecule has 0 unspecified atom stereocenters. The van der Waals surface area contributed by atoms with E-state index in [1.165, 1.54) is 0 Å². The van der Waals surface area contributed by atoms with Crippen molar-refractivity contribution in [1.29, 1.82) is 5.26 Å². The molecule has 0 saturated carbocycles. The van der Waals surface area contributed by atoms with Crippen LogP contribution in [0.1, 0.15) is 25.1 Å². The van der Waals surface area contributed by atoms with E-state index in [0.29, 0.717) is 10.6 Å². The van der Waals surface area contributed by atoms with Gasteiger partial charge in [-0.2, -0.15) is 10.4 Å². The molecule has 0 atom stereocenters. The van der Waals surface area contributed by atoms with Crippen molar-refractivity contribution in [3.63, 3.8) is 0 Å². The van der Waals surface area contributed by atoms with Gasteiger partial charge in [-0.1, -0.05) is 25.4 Å². The molecule has 0 bridgehead atoms. The van der Waals surface area contributed by atoms with Crippen molar-refractivity contribution in [2.75, 3.05) is 0 Å². The lowest BCUT2D eigenvalue weighted by atomic mass is 10.2. The molecule has 0 spiro atoms. The smallest absolute Gasteiger partial charge is 0.101 e. The van der Waals surface area contributed by atoms with Gasteiger partial charge < -0.3 is 0 Å². The van der Waals surface area contributed by atoms with E-state index < -0.39 is 0 Å². The molecule has 0 fully saturated rings. The number of nitrogens with zero attached hydrogens (tertiary/aromatic N) is 3. The number of hydrogen-bond acceptors (Lipinski definition) is 2. The normalized spacial score (nSPS) is 9.12. The second-order valence-electron chi connectivity index (χ2n) is 3.18. The minimum Gasteiger partial charge on any atom is -0.241 e. The number of aromatic nitrogens is 2. The highest BCUT2D eigenvalue weighted by Gasteiger charge is 2.03. The minimum absolute atomic E-state index is 0.447. The Hall–Kier alpha value is -1.79. The molecule has 1 aromatic heterocycles. The molecule has 1 aromatic carbocycles. The van der Waals surface area contributed by atoms with Crippen LogP contribution in [0.25, 0.3) is 5.69 Å². The Kier molecular flexibility index (Phi) is 4.74. The lowest BCUT2D eigenvalue weighted by Crippen LogP contribution is -1.95. The highest BCUT2D eigenvalue weighted by atomic mass is 35.5. The summed E-state index contributed by atoms with van der Waals surface area (Å²) in [6.07, 6.45) is 1.85. The number of halogens is 1. The second-order valence-corrected chi connectivity index (χ2v) is 3.58. The fourth-order valence-corrected chi connectivity index (χ4v) is 1.51. The molecule has 0 aliphatic rings. The van der Waals surface area contributed by atoms with E-state index in [1.807, 2.05) is 45.2 Å². The lowest BCUT2D eigenvalue weighted by molar-refractivity contribution is 0.862. The first kappa shape index (κ1) is 13.3. The van der Waals surface area contributed by atoms with Gasteiger partial charge in [-0.3, -0.25) is 0 Å². The monoisotopic (exact) mass is 247 g/mol. The van der Waals surface area contributed by atoms with Crippen LogP contribution >= 0.6 is 11.6 Å². The summed E-state index contributed by atoms with van der Waals surface area (Å²) in [4.78, 5) is 0. The van der Waals surface area contributed by atoms with E-state index in [1.54, 1.807) is 16.8 Å². The van der Waals surface area contributed by atoms with Gasteiger partial charge in [0.05, 0.1) is 22.0 Å². The van der Waals surface area contributed by atoms with E-state index in [2.05, 4.69) is 5.10 Å². The summed E-state index contributed by atoms with van der Waals surface area (Å²) in [6.45, 7) is 5.92. The Bertz CT molecular complexity index is 538. The van der Waals surface area contributed by atoms with Crippen LogP contribution in [0.2, 0.25) is 5.02 Å². The Morgan fingerprint density at radius 2 is 2.00 bits per heavy atom. The number of rotatable bonds is 1. The van der Waals surface area contributed by atoms with Crippen LogP contribution in [0.5, 0.6) is 0 Å². The Balaban J connectivity index is 0.000000686. The molecule has 0 amide bonds. The summed E-state index contributed by atoms with van der Waals surface area (Å²) in [6, 6.07) is 9.16. The number of nitriles is 1. The summed E-state index contributed by atoms with van der Waals surface area (Å²) < 4.78 is 1.72. The molecular weight excluding hydrogens is 234 g/mol. The molecule has 17 heavy (non-hydrogen) atoms. The molecule has 0 aliphatic carbocycles. The van der Waals surface area contributed by atoms with Crippen LogP contribution in [0.15, 0.2) is 30.5 Å². The van der Waals surface area contributed by atoms with Crippen molar-refractivity contribution in [1.82, 2.24) is 9.78 Å². The van der Waals surface area contributed by atoms with E-state index in [4.69, 9.17) is 16.9 Å². The van der Waals surface area contributed by atoms with Crippen molar-refractivity contribution in [3.8, 4) is 11.8 Å². The molecule has 0 saturated heterocycles. The van der Waals surface area contributed by atoms with Gasteiger partial charge in [0.2, 0.25) is 0 Å². The highest BCUT2D eigenvalue weighted by molar-refractivity contribution is 6.31. The Morgan fingerprint density at radius 3 is 2.47 bits per heavy atom. The Morgan fingerprint density at radius 1 is 1.29 bits per heavy atom. The van der Waals surface area contributed by atoms with Crippen molar-refractivity contribution in [2.45, 2.75) is 20.8 Å². The van der Waals surface area contributed by atoms with E-state index in [0.717, 1.165) is 11.4 Å². The molecule has 4 heteroatoms. The Labute approximate surface area is 106 Å². The average Bonchev–Trinajstić information content (AvgIpc) is 2.78. The van der Waals surface area contributed by atoms with Gasteiger partial charge in [-0.15, -0.1) is 0 Å². The van der Waals surface area contributed by atoms with Gasteiger partial charge in [-0.05, 0) is 31.2 Å². The summed E-state index contributed by atoms with van der Waals surface area (Å²) in [7, 11) is 0. The highest BCUT2D eigenvalue weighted by Crippen LogP contribution is 2.19. The minimum atomic E-state index is 0.447. The van der Waals surface area contributed by atoms with Crippen LogP contribution < -0.4 is 0 Å². The molecule has 0 radical (unpaired) electrons. The first-order valence-electron chi connectivity index (χ1n) is 5.43. The summed E-state index contributed by atoms with van der Waals surface area (Å²) in [5, 5.41) is 13.4. The van der Waals surface area contributed by atoms with Gasteiger partial charge in [0, 0.05) is 6.20 Å². The maximum Gasteiger partial charge on any atom is 0.101 e. The number of benzene rings is 1. The molecule has 2 aromatic rings. The average molecular weight is 248 g/mol. The largest absolute Gasteiger partial charge is 0.241 e. The third-order valence-electron chi connectivity index (χ3n) is 2.06. The second kappa shape index (κ2) is 6.07. The van der Waals surface area contributed by atoms with Crippen molar-refractivity contribution < 1.29 is 0 Å². The zero-order valence-corrected chi connectivity index (χ0v) is 10.9. The van der Waals surface area contributed by atoms with Gasteiger partial charge in [0.15, 0.2) is 0 Å². The molecular formula is C13H14ClN3. The van der Waals surface area contributed by atoms with Gasteiger partial charge in [-0.25, -0.2) is 4.68 Å². The summed E-state index contributed by atoms with van der Waals surface area (Å²) >= 11 is 5.92. The van der Waals surface area contributed by atoms with Crippen LogP contribution in [-0.2, 0) is 0 Å². The SMILES string of the molecule is CC.Cc1ccn(-c2ccc(C#N)c(Cl)c2)n1. The van der Waals surface area contributed by atoms with E-state index >= 15 is 0 Å². The topological polar surface area (TPSA) is 41.6 Å². The standard InChI is InChI=1S/C11H8ClN3.C2H6/c1-8-4-5-15(14-8)10-3-2-9(7-13)11(12)6-10;1-2/h2-6H,1H3;1-2H3. The maximum atomic E-state index is 8.73. The van der Waals surface area contributed by atoms with Crippen molar-refractivity contribution >= 4 is 11.6 Å². The zero-order valence-electron chi connectivity index (χ0n) is 10.1. The quantitative estimate of drug-likeness (QED) is 0.771. The van der Waals surface area contributed by atoms with E-state index in [-0.39, 0.29) is 0 Å². The van der Waals surface area contributed by atoms with Crippen LogP contribution in [0, 0.1) is 18.3 Å². The maximum absolute atomic E-state index is 8.73. The molecule has 0 aliphatic heterocycles. The number of aryl methyl sites for hydroxylation is 1. The molecule has 1 heterocycles. The van der Waals surface area contributed by atoms with Crippen LogP contribution in [-0.4, -0.2) is 9.78 Å². The first-order valence-corrected chi connectivity index (χ1v) is 5.81. The van der Waals surface area contributed by atoms with E-state index in [9.17, 15) is 0 Å². The molecule has 88 valence electrons.